The minimum atomic E-state index is -0.960. The van der Waals surface area contributed by atoms with E-state index < -0.39 is 5.97 Å². The van der Waals surface area contributed by atoms with Crippen molar-refractivity contribution in [2.24, 2.45) is 0 Å². The highest BCUT2D eigenvalue weighted by Crippen LogP contribution is 2.23. The highest BCUT2D eigenvalue weighted by Gasteiger charge is 2.03. The number of hydrogen-bond acceptors (Lipinski definition) is 4. The van der Waals surface area contributed by atoms with Crippen LogP contribution < -0.4 is 4.74 Å². The van der Waals surface area contributed by atoms with Crippen LogP contribution in [-0.2, 0) is 10.5 Å². The molecule has 0 bridgehead atoms. The molecule has 0 spiro atoms. The monoisotopic (exact) mass is 295 g/mol. The Labute approximate surface area is 124 Å². The molecule has 0 aromatic heterocycles. The standard InChI is InChI=1S/C15H21NO3S/c1-16(2)8-9-20-11-12-4-6-14(19-3)13(10-12)5-7-15(17)18/h4-7,10H,8-9,11H2,1-3H3,(H,17,18)/b7-5+. The van der Waals surface area contributed by atoms with Gasteiger partial charge < -0.3 is 14.7 Å². The van der Waals surface area contributed by atoms with Crippen molar-refractivity contribution in [1.82, 2.24) is 4.90 Å². The molecule has 0 heterocycles. The van der Waals surface area contributed by atoms with Crippen molar-refractivity contribution in [3.8, 4) is 5.75 Å². The average Bonchev–Trinajstić information content (AvgIpc) is 2.41. The normalized spacial score (nSPS) is 11.2. The molecule has 0 atom stereocenters. The van der Waals surface area contributed by atoms with E-state index in [1.165, 1.54) is 5.56 Å². The van der Waals surface area contributed by atoms with Gasteiger partial charge in [0.25, 0.3) is 0 Å². The third kappa shape index (κ3) is 6.12. The van der Waals surface area contributed by atoms with E-state index in [-0.39, 0.29) is 0 Å². The topological polar surface area (TPSA) is 49.8 Å². The van der Waals surface area contributed by atoms with E-state index in [2.05, 4.69) is 19.0 Å². The molecule has 0 saturated carbocycles. The van der Waals surface area contributed by atoms with Crippen molar-refractivity contribution < 1.29 is 14.6 Å². The summed E-state index contributed by atoms with van der Waals surface area (Å²) in [5, 5.41) is 8.70. The molecule has 0 amide bonds. The molecule has 5 heteroatoms. The first-order valence-electron chi connectivity index (χ1n) is 6.33. The fourth-order valence-electron chi connectivity index (χ4n) is 1.60. The van der Waals surface area contributed by atoms with Gasteiger partial charge in [-0.05, 0) is 37.9 Å². The van der Waals surface area contributed by atoms with Gasteiger partial charge in [0.05, 0.1) is 7.11 Å². The number of benzene rings is 1. The van der Waals surface area contributed by atoms with Crippen LogP contribution >= 0.6 is 11.8 Å². The van der Waals surface area contributed by atoms with Gasteiger partial charge in [-0.1, -0.05) is 6.07 Å². The Hall–Kier alpha value is -1.46. The molecule has 0 aliphatic carbocycles. The molecular formula is C15H21NO3S. The van der Waals surface area contributed by atoms with Crippen molar-refractivity contribution in [3.05, 3.63) is 35.4 Å². The molecule has 110 valence electrons. The maximum atomic E-state index is 10.6. The van der Waals surface area contributed by atoms with Crippen LogP contribution in [-0.4, -0.2) is 49.5 Å². The van der Waals surface area contributed by atoms with E-state index in [4.69, 9.17) is 9.84 Å². The van der Waals surface area contributed by atoms with Gasteiger partial charge in [-0.25, -0.2) is 4.79 Å². The minimum Gasteiger partial charge on any atom is -0.496 e. The second-order valence-electron chi connectivity index (χ2n) is 4.60. The summed E-state index contributed by atoms with van der Waals surface area (Å²) in [7, 11) is 5.70. The lowest BCUT2D eigenvalue weighted by atomic mass is 10.1. The quantitative estimate of drug-likeness (QED) is 0.590. The summed E-state index contributed by atoms with van der Waals surface area (Å²) in [6.45, 7) is 1.05. The number of ether oxygens (including phenoxy) is 1. The molecular weight excluding hydrogens is 274 g/mol. The summed E-state index contributed by atoms with van der Waals surface area (Å²) >= 11 is 1.86. The molecule has 1 rings (SSSR count). The predicted octanol–water partition coefficient (Wildman–Crippen LogP) is 2.59. The van der Waals surface area contributed by atoms with Crippen LogP contribution in [0.15, 0.2) is 24.3 Å². The third-order valence-electron chi connectivity index (χ3n) is 2.65. The third-order valence-corrected chi connectivity index (χ3v) is 3.66. The SMILES string of the molecule is COc1ccc(CSCCN(C)C)cc1/C=C/C(=O)O. The Morgan fingerprint density at radius 2 is 2.20 bits per heavy atom. The Kier molecular flexibility index (Phi) is 7.18. The zero-order chi connectivity index (χ0) is 15.0. The van der Waals surface area contributed by atoms with Gasteiger partial charge in [-0.3, -0.25) is 0 Å². The summed E-state index contributed by atoms with van der Waals surface area (Å²) in [5.41, 5.74) is 1.96. The van der Waals surface area contributed by atoms with Gasteiger partial charge in [0.15, 0.2) is 0 Å². The fourth-order valence-corrected chi connectivity index (χ4v) is 2.66. The number of carbonyl (C=O) groups is 1. The van der Waals surface area contributed by atoms with Crippen molar-refractivity contribution in [2.45, 2.75) is 5.75 Å². The molecule has 20 heavy (non-hydrogen) atoms. The van der Waals surface area contributed by atoms with Crippen molar-refractivity contribution in [3.63, 3.8) is 0 Å². The largest absolute Gasteiger partial charge is 0.496 e. The van der Waals surface area contributed by atoms with E-state index in [0.29, 0.717) is 5.75 Å². The number of thioether (sulfide) groups is 1. The second kappa shape index (κ2) is 8.66. The summed E-state index contributed by atoms with van der Waals surface area (Å²) in [4.78, 5) is 12.8. The molecule has 1 aromatic rings. The van der Waals surface area contributed by atoms with Crippen molar-refractivity contribution in [2.75, 3.05) is 33.5 Å². The minimum absolute atomic E-state index is 0.685. The summed E-state index contributed by atoms with van der Waals surface area (Å²) in [5.74, 6) is 1.70. The molecule has 0 saturated heterocycles. The first-order chi connectivity index (χ1) is 9.52. The highest BCUT2D eigenvalue weighted by molar-refractivity contribution is 7.98. The first-order valence-corrected chi connectivity index (χ1v) is 7.49. The smallest absolute Gasteiger partial charge is 0.328 e. The highest BCUT2D eigenvalue weighted by atomic mass is 32.2. The van der Waals surface area contributed by atoms with Crippen LogP contribution in [0.1, 0.15) is 11.1 Å². The van der Waals surface area contributed by atoms with E-state index in [0.717, 1.165) is 29.7 Å². The van der Waals surface area contributed by atoms with Crippen LogP contribution in [0.2, 0.25) is 0 Å². The fraction of sp³-hybridized carbons (Fsp3) is 0.400. The summed E-state index contributed by atoms with van der Waals surface area (Å²) in [6, 6.07) is 5.86. The second-order valence-corrected chi connectivity index (χ2v) is 5.71. The maximum absolute atomic E-state index is 10.6. The lowest BCUT2D eigenvalue weighted by Gasteiger charge is -2.10. The van der Waals surface area contributed by atoms with Crippen LogP contribution in [0.25, 0.3) is 6.08 Å². The molecule has 0 radical (unpaired) electrons. The van der Waals surface area contributed by atoms with Crippen LogP contribution in [0.4, 0.5) is 0 Å². The average molecular weight is 295 g/mol. The maximum Gasteiger partial charge on any atom is 0.328 e. The van der Waals surface area contributed by atoms with Crippen molar-refractivity contribution >= 4 is 23.8 Å². The zero-order valence-electron chi connectivity index (χ0n) is 12.1. The molecule has 4 nitrogen and oxygen atoms in total. The van der Waals surface area contributed by atoms with Crippen molar-refractivity contribution in [1.29, 1.82) is 0 Å². The first kappa shape index (κ1) is 16.6. The van der Waals surface area contributed by atoms with Gasteiger partial charge in [0.1, 0.15) is 5.75 Å². The number of rotatable bonds is 8. The van der Waals surface area contributed by atoms with Gasteiger partial charge in [-0.15, -0.1) is 0 Å². The molecule has 0 aliphatic rings. The van der Waals surface area contributed by atoms with Crippen LogP contribution in [0.5, 0.6) is 5.75 Å². The van der Waals surface area contributed by atoms with Crippen LogP contribution in [0, 0.1) is 0 Å². The molecule has 1 aromatic carbocycles. The molecule has 1 N–H and O–H groups in total. The van der Waals surface area contributed by atoms with E-state index in [9.17, 15) is 4.79 Å². The zero-order valence-corrected chi connectivity index (χ0v) is 12.9. The number of carboxylic acid groups (broad SMARTS) is 1. The van der Waals surface area contributed by atoms with E-state index >= 15 is 0 Å². The Bertz CT molecular complexity index is 472. The lowest BCUT2D eigenvalue weighted by molar-refractivity contribution is -0.131. The van der Waals surface area contributed by atoms with Gasteiger partial charge in [0, 0.05) is 29.7 Å². The number of nitrogens with zero attached hydrogens (tertiary/aromatic N) is 1. The Balaban J connectivity index is 2.69. The molecule has 0 unspecified atom stereocenters. The van der Waals surface area contributed by atoms with E-state index in [1.807, 2.05) is 30.0 Å². The summed E-state index contributed by atoms with van der Waals surface area (Å²) in [6.07, 6.45) is 2.69. The number of hydrogen-bond donors (Lipinski definition) is 1. The van der Waals surface area contributed by atoms with Crippen LogP contribution in [0.3, 0.4) is 0 Å². The molecule has 0 fully saturated rings. The summed E-state index contributed by atoms with van der Waals surface area (Å²) < 4.78 is 5.23. The number of carboxylic acids is 1. The number of methoxy groups -OCH3 is 1. The Morgan fingerprint density at radius 3 is 2.80 bits per heavy atom. The predicted molar refractivity (Wildman–Crippen MR) is 84.4 cm³/mol. The number of aliphatic carboxylic acids is 1. The van der Waals surface area contributed by atoms with Gasteiger partial charge >= 0.3 is 5.97 Å². The Morgan fingerprint density at radius 1 is 1.45 bits per heavy atom. The van der Waals surface area contributed by atoms with Gasteiger partial charge in [0.2, 0.25) is 0 Å². The molecule has 0 aliphatic heterocycles. The van der Waals surface area contributed by atoms with Gasteiger partial charge in [-0.2, -0.15) is 11.8 Å². The lowest BCUT2D eigenvalue weighted by Crippen LogP contribution is -2.14. The van der Waals surface area contributed by atoms with E-state index in [1.54, 1.807) is 13.2 Å².